The molecular weight excluding hydrogens is 242 g/mol. The first-order chi connectivity index (χ1) is 9.02. The maximum atomic E-state index is 12.5. The molecule has 1 unspecified atom stereocenters. The predicted molar refractivity (Wildman–Crippen MR) is 74.2 cm³/mol. The second-order valence-corrected chi connectivity index (χ2v) is 5.15. The number of likely N-dealkylation sites (N-methyl/N-ethyl adjacent to an activating group) is 1. The maximum Gasteiger partial charge on any atom is 0.254 e. The van der Waals surface area contributed by atoms with Crippen LogP contribution in [0.25, 0.3) is 0 Å². The molecule has 1 saturated heterocycles. The van der Waals surface area contributed by atoms with E-state index in [0.717, 1.165) is 13.1 Å². The van der Waals surface area contributed by atoms with Gasteiger partial charge in [0, 0.05) is 31.7 Å². The van der Waals surface area contributed by atoms with Crippen molar-refractivity contribution in [2.45, 2.75) is 13.0 Å². The average Bonchev–Trinajstić information content (AvgIpc) is 2.41. The van der Waals surface area contributed by atoms with E-state index in [1.807, 2.05) is 11.9 Å². The topological polar surface area (TPSA) is 69.8 Å². The standard InChI is InChI=1S/C14H21N3O2/c1-10-7-11(3-4-13(10)18)14(19)17-6-5-16(2)9-12(17)8-15/h3-4,7,12,18H,5-6,8-9,15H2,1-2H3. The predicted octanol–water partition coefficient (Wildman–Crippen LogP) is 0.416. The molecule has 1 amide bonds. The van der Waals surface area contributed by atoms with Gasteiger partial charge in [-0.3, -0.25) is 4.79 Å². The van der Waals surface area contributed by atoms with Crippen LogP contribution in [-0.2, 0) is 0 Å². The molecule has 3 N–H and O–H groups in total. The van der Waals surface area contributed by atoms with Gasteiger partial charge in [0.25, 0.3) is 5.91 Å². The Hall–Kier alpha value is -1.59. The lowest BCUT2D eigenvalue weighted by Crippen LogP contribution is -2.56. The largest absolute Gasteiger partial charge is 0.508 e. The third kappa shape index (κ3) is 2.88. The summed E-state index contributed by atoms with van der Waals surface area (Å²) in [5, 5.41) is 9.52. The van der Waals surface area contributed by atoms with Crippen molar-refractivity contribution in [2.75, 3.05) is 33.2 Å². The number of phenolic OH excluding ortho intramolecular Hbond substituents is 1. The van der Waals surface area contributed by atoms with E-state index < -0.39 is 0 Å². The number of hydrogen-bond acceptors (Lipinski definition) is 4. The zero-order valence-electron chi connectivity index (χ0n) is 11.5. The molecule has 1 heterocycles. The van der Waals surface area contributed by atoms with Gasteiger partial charge in [-0.05, 0) is 37.7 Å². The van der Waals surface area contributed by atoms with E-state index in [-0.39, 0.29) is 17.7 Å². The molecule has 1 fully saturated rings. The lowest BCUT2D eigenvalue weighted by molar-refractivity contribution is 0.0516. The minimum Gasteiger partial charge on any atom is -0.508 e. The number of benzene rings is 1. The highest BCUT2D eigenvalue weighted by Crippen LogP contribution is 2.19. The molecule has 104 valence electrons. The summed E-state index contributed by atoms with van der Waals surface area (Å²) >= 11 is 0. The number of aryl methyl sites for hydroxylation is 1. The molecule has 0 spiro atoms. The van der Waals surface area contributed by atoms with Crippen LogP contribution in [0.1, 0.15) is 15.9 Å². The van der Waals surface area contributed by atoms with Crippen LogP contribution in [0, 0.1) is 6.92 Å². The van der Waals surface area contributed by atoms with Gasteiger partial charge in [0.1, 0.15) is 5.75 Å². The summed E-state index contributed by atoms with van der Waals surface area (Å²) in [5.41, 5.74) is 7.09. The van der Waals surface area contributed by atoms with Gasteiger partial charge >= 0.3 is 0 Å². The van der Waals surface area contributed by atoms with Gasteiger partial charge in [-0.25, -0.2) is 0 Å². The van der Waals surface area contributed by atoms with Crippen LogP contribution in [0.2, 0.25) is 0 Å². The number of nitrogens with two attached hydrogens (primary N) is 1. The van der Waals surface area contributed by atoms with Crippen LogP contribution in [0.5, 0.6) is 5.75 Å². The zero-order valence-corrected chi connectivity index (χ0v) is 11.5. The fourth-order valence-electron chi connectivity index (χ4n) is 2.43. The summed E-state index contributed by atoms with van der Waals surface area (Å²) in [7, 11) is 2.04. The van der Waals surface area contributed by atoms with E-state index in [1.165, 1.54) is 0 Å². The number of aromatic hydroxyl groups is 1. The van der Waals surface area contributed by atoms with Crippen LogP contribution < -0.4 is 5.73 Å². The van der Waals surface area contributed by atoms with Crippen molar-refractivity contribution in [1.29, 1.82) is 0 Å². The first kappa shape index (κ1) is 13.8. The fraction of sp³-hybridized carbons (Fsp3) is 0.500. The average molecular weight is 263 g/mol. The van der Waals surface area contributed by atoms with E-state index in [1.54, 1.807) is 25.1 Å². The Morgan fingerprint density at radius 3 is 2.84 bits per heavy atom. The number of piperazine rings is 1. The van der Waals surface area contributed by atoms with E-state index in [4.69, 9.17) is 5.73 Å². The van der Waals surface area contributed by atoms with Gasteiger partial charge in [-0.15, -0.1) is 0 Å². The van der Waals surface area contributed by atoms with Crippen LogP contribution in [0.4, 0.5) is 0 Å². The Morgan fingerprint density at radius 2 is 2.21 bits per heavy atom. The van der Waals surface area contributed by atoms with Crippen molar-refractivity contribution in [3.63, 3.8) is 0 Å². The van der Waals surface area contributed by atoms with Crippen molar-refractivity contribution >= 4 is 5.91 Å². The number of amides is 1. The Bertz CT molecular complexity index is 476. The van der Waals surface area contributed by atoms with E-state index >= 15 is 0 Å². The van der Waals surface area contributed by atoms with Gasteiger partial charge in [-0.1, -0.05) is 0 Å². The molecule has 1 aliphatic rings. The van der Waals surface area contributed by atoms with Crippen LogP contribution >= 0.6 is 0 Å². The first-order valence-corrected chi connectivity index (χ1v) is 6.52. The molecule has 1 aromatic carbocycles. The second-order valence-electron chi connectivity index (χ2n) is 5.15. The number of rotatable bonds is 2. The summed E-state index contributed by atoms with van der Waals surface area (Å²) in [6, 6.07) is 5.01. The maximum absolute atomic E-state index is 12.5. The molecule has 5 heteroatoms. The van der Waals surface area contributed by atoms with Crippen molar-refractivity contribution in [3.8, 4) is 5.75 Å². The van der Waals surface area contributed by atoms with Crippen LogP contribution in [0.3, 0.4) is 0 Å². The second kappa shape index (κ2) is 5.59. The number of phenols is 1. The van der Waals surface area contributed by atoms with Crippen molar-refractivity contribution in [3.05, 3.63) is 29.3 Å². The normalized spacial score (nSPS) is 20.6. The number of carbonyl (C=O) groups is 1. The lowest BCUT2D eigenvalue weighted by Gasteiger charge is -2.39. The van der Waals surface area contributed by atoms with E-state index in [9.17, 15) is 9.90 Å². The van der Waals surface area contributed by atoms with Crippen molar-refractivity contribution < 1.29 is 9.90 Å². The molecule has 5 nitrogen and oxygen atoms in total. The Kier molecular flexibility index (Phi) is 4.07. The van der Waals surface area contributed by atoms with Gasteiger partial charge in [0.2, 0.25) is 0 Å². The fourth-order valence-corrected chi connectivity index (χ4v) is 2.43. The van der Waals surface area contributed by atoms with Crippen molar-refractivity contribution in [2.24, 2.45) is 5.73 Å². The quantitative estimate of drug-likeness (QED) is 0.811. The Balaban J connectivity index is 2.20. The molecule has 19 heavy (non-hydrogen) atoms. The van der Waals surface area contributed by atoms with Gasteiger partial charge < -0.3 is 20.6 Å². The molecule has 0 radical (unpaired) electrons. The van der Waals surface area contributed by atoms with Gasteiger partial charge in [-0.2, -0.15) is 0 Å². The highest BCUT2D eigenvalue weighted by atomic mass is 16.3. The third-order valence-electron chi connectivity index (χ3n) is 3.66. The highest BCUT2D eigenvalue weighted by Gasteiger charge is 2.28. The number of nitrogens with zero attached hydrogens (tertiary/aromatic N) is 2. The SMILES string of the molecule is Cc1cc(C(=O)N2CCN(C)CC2CN)ccc1O. The first-order valence-electron chi connectivity index (χ1n) is 6.52. The summed E-state index contributed by atoms with van der Waals surface area (Å²) in [6.07, 6.45) is 0. The highest BCUT2D eigenvalue weighted by molar-refractivity contribution is 5.95. The summed E-state index contributed by atoms with van der Waals surface area (Å²) in [5.74, 6) is 0.206. The number of carbonyl (C=O) groups excluding carboxylic acids is 1. The zero-order chi connectivity index (χ0) is 14.0. The molecule has 1 atom stereocenters. The minimum absolute atomic E-state index is 0.00773. The van der Waals surface area contributed by atoms with Gasteiger partial charge in [0.05, 0.1) is 6.04 Å². The summed E-state index contributed by atoms with van der Waals surface area (Å²) < 4.78 is 0. The molecule has 2 rings (SSSR count). The molecule has 1 aliphatic heterocycles. The molecule has 1 aromatic rings. The monoisotopic (exact) mass is 263 g/mol. The summed E-state index contributed by atoms with van der Waals surface area (Å²) in [4.78, 5) is 16.5. The van der Waals surface area contributed by atoms with Crippen LogP contribution in [0.15, 0.2) is 18.2 Å². The van der Waals surface area contributed by atoms with Crippen LogP contribution in [-0.4, -0.2) is 60.1 Å². The van der Waals surface area contributed by atoms with E-state index in [2.05, 4.69) is 4.90 Å². The Labute approximate surface area is 113 Å². The smallest absolute Gasteiger partial charge is 0.254 e. The van der Waals surface area contributed by atoms with Gasteiger partial charge in [0.15, 0.2) is 0 Å². The van der Waals surface area contributed by atoms with E-state index in [0.29, 0.717) is 24.2 Å². The van der Waals surface area contributed by atoms with Crippen molar-refractivity contribution in [1.82, 2.24) is 9.80 Å². The lowest BCUT2D eigenvalue weighted by atomic mass is 10.1. The molecule has 0 saturated carbocycles. The Morgan fingerprint density at radius 1 is 1.47 bits per heavy atom. The number of hydrogen-bond donors (Lipinski definition) is 2. The molecule has 0 aliphatic carbocycles. The summed E-state index contributed by atoms with van der Waals surface area (Å²) in [6.45, 7) is 4.61. The molecule has 0 aromatic heterocycles. The molecule has 0 bridgehead atoms. The minimum atomic E-state index is -0.00773. The third-order valence-corrected chi connectivity index (χ3v) is 3.66. The molecular formula is C14H21N3O2.